The first-order chi connectivity index (χ1) is 11.2. The molecular weight excluding hydrogens is 418 g/mol. The molecule has 0 aromatic heterocycles. The molecule has 0 aliphatic heterocycles. The summed E-state index contributed by atoms with van der Waals surface area (Å²) in [5, 5.41) is 3.09. The molecule has 128 valence electrons. The molecule has 0 radical (unpaired) electrons. The van der Waals surface area contributed by atoms with E-state index in [4.69, 9.17) is 46.4 Å². The van der Waals surface area contributed by atoms with Crippen molar-refractivity contribution in [2.24, 2.45) is 0 Å². The monoisotopic (exact) mass is 426 g/mol. The predicted octanol–water partition coefficient (Wildman–Crippen LogP) is 4.22. The lowest BCUT2D eigenvalue weighted by Gasteiger charge is -2.11. The molecule has 1 amide bonds. The number of halogens is 4. The van der Waals surface area contributed by atoms with E-state index in [1.54, 1.807) is 18.2 Å². The molecule has 0 saturated heterocycles. The van der Waals surface area contributed by atoms with Crippen LogP contribution in [0.5, 0.6) is 0 Å². The summed E-state index contributed by atoms with van der Waals surface area (Å²) < 4.78 is 26.6. The van der Waals surface area contributed by atoms with Gasteiger partial charge in [0.05, 0.1) is 27.3 Å². The minimum atomic E-state index is -4.01. The Morgan fingerprint density at radius 3 is 2.21 bits per heavy atom. The largest absolute Gasteiger partial charge is 0.322 e. The van der Waals surface area contributed by atoms with Crippen molar-refractivity contribution in [2.45, 2.75) is 4.90 Å². The molecule has 5 nitrogen and oxygen atoms in total. The van der Waals surface area contributed by atoms with Crippen molar-refractivity contribution in [2.75, 3.05) is 11.9 Å². The second kappa shape index (κ2) is 7.91. The number of carbonyl (C=O) groups is 1. The number of para-hydroxylation sites is 1. The average Bonchev–Trinajstić information content (AvgIpc) is 2.51. The molecule has 0 bridgehead atoms. The van der Waals surface area contributed by atoms with Crippen LogP contribution in [0.1, 0.15) is 0 Å². The highest BCUT2D eigenvalue weighted by Crippen LogP contribution is 2.29. The third-order valence-electron chi connectivity index (χ3n) is 2.83. The predicted molar refractivity (Wildman–Crippen MR) is 96.7 cm³/mol. The highest BCUT2D eigenvalue weighted by atomic mass is 35.5. The van der Waals surface area contributed by atoms with E-state index in [9.17, 15) is 13.2 Å². The van der Waals surface area contributed by atoms with Crippen molar-refractivity contribution in [1.82, 2.24) is 4.72 Å². The highest BCUT2D eigenvalue weighted by Gasteiger charge is 2.20. The normalized spacial score (nSPS) is 11.3. The van der Waals surface area contributed by atoms with Gasteiger partial charge in [-0.05, 0) is 30.3 Å². The Balaban J connectivity index is 2.09. The lowest BCUT2D eigenvalue weighted by atomic mass is 10.3. The summed E-state index contributed by atoms with van der Waals surface area (Å²) in [7, 11) is -4.01. The van der Waals surface area contributed by atoms with E-state index in [2.05, 4.69) is 10.0 Å². The number of carbonyl (C=O) groups excluding carboxylic acids is 1. The van der Waals surface area contributed by atoms with E-state index in [1.165, 1.54) is 18.2 Å². The van der Waals surface area contributed by atoms with Crippen LogP contribution >= 0.6 is 46.4 Å². The van der Waals surface area contributed by atoms with Gasteiger partial charge in [0.15, 0.2) is 0 Å². The van der Waals surface area contributed by atoms with Crippen LogP contribution in [-0.4, -0.2) is 20.9 Å². The number of hydrogen-bond acceptors (Lipinski definition) is 3. The second-order valence-electron chi connectivity index (χ2n) is 4.54. The quantitative estimate of drug-likeness (QED) is 0.749. The zero-order valence-electron chi connectivity index (χ0n) is 11.8. The molecule has 2 N–H and O–H groups in total. The third kappa shape index (κ3) is 4.75. The molecule has 10 heteroatoms. The molecule has 0 aliphatic rings. The summed E-state index contributed by atoms with van der Waals surface area (Å²) in [6.07, 6.45) is 0. The molecule has 0 aliphatic carbocycles. The topological polar surface area (TPSA) is 75.3 Å². The third-order valence-corrected chi connectivity index (χ3v) is 5.58. The Labute approximate surface area is 158 Å². The van der Waals surface area contributed by atoms with Crippen molar-refractivity contribution in [3.05, 3.63) is 56.5 Å². The van der Waals surface area contributed by atoms with E-state index >= 15 is 0 Å². The van der Waals surface area contributed by atoms with Crippen LogP contribution in [0.3, 0.4) is 0 Å². The smallest absolute Gasteiger partial charge is 0.242 e. The number of nitrogens with one attached hydrogen (secondary N) is 2. The molecule has 2 aromatic carbocycles. The van der Waals surface area contributed by atoms with Crippen molar-refractivity contribution < 1.29 is 13.2 Å². The molecule has 0 unspecified atom stereocenters. The molecule has 24 heavy (non-hydrogen) atoms. The van der Waals surface area contributed by atoms with Gasteiger partial charge >= 0.3 is 0 Å². The van der Waals surface area contributed by atoms with Gasteiger partial charge in [0.25, 0.3) is 0 Å². The van der Waals surface area contributed by atoms with Gasteiger partial charge < -0.3 is 5.32 Å². The minimum absolute atomic E-state index is 0.0125. The van der Waals surface area contributed by atoms with Crippen LogP contribution in [0, 0.1) is 0 Å². The molecule has 0 saturated carbocycles. The van der Waals surface area contributed by atoms with E-state index in [0.29, 0.717) is 0 Å². The number of anilines is 1. The van der Waals surface area contributed by atoms with Crippen LogP contribution in [0.2, 0.25) is 20.1 Å². The number of hydrogen-bond donors (Lipinski definition) is 2. The summed E-state index contributed by atoms with van der Waals surface area (Å²) in [6.45, 7) is -0.535. The van der Waals surface area contributed by atoms with Crippen molar-refractivity contribution in [3.63, 3.8) is 0 Å². The molecule has 0 atom stereocenters. The number of benzene rings is 2. The van der Waals surface area contributed by atoms with Gasteiger partial charge in [0, 0.05) is 5.02 Å². The SMILES string of the molecule is O=C(CNS(=O)(=O)c1cc(Cl)ccc1Cl)Nc1c(Cl)cccc1Cl. The fraction of sp³-hybridized carbons (Fsp3) is 0.0714. The van der Waals surface area contributed by atoms with E-state index in [1.807, 2.05) is 0 Å². The molecule has 0 heterocycles. The lowest BCUT2D eigenvalue weighted by Crippen LogP contribution is -2.33. The lowest BCUT2D eigenvalue weighted by molar-refractivity contribution is -0.115. The Morgan fingerprint density at radius 1 is 0.958 bits per heavy atom. The van der Waals surface area contributed by atoms with E-state index in [-0.39, 0.29) is 30.7 Å². The summed E-state index contributed by atoms with van der Waals surface area (Å²) in [6, 6.07) is 8.69. The number of sulfonamides is 1. The van der Waals surface area contributed by atoms with Crippen molar-refractivity contribution in [1.29, 1.82) is 0 Å². The molecule has 2 aromatic rings. The van der Waals surface area contributed by atoms with Gasteiger partial charge in [-0.15, -0.1) is 0 Å². The fourth-order valence-corrected chi connectivity index (χ4v) is 3.96. The van der Waals surface area contributed by atoms with Gasteiger partial charge in [0.2, 0.25) is 15.9 Å². The van der Waals surface area contributed by atoms with Crippen molar-refractivity contribution in [3.8, 4) is 0 Å². The molecule has 2 rings (SSSR count). The Bertz CT molecular complexity index is 867. The Morgan fingerprint density at radius 2 is 1.58 bits per heavy atom. The zero-order valence-corrected chi connectivity index (χ0v) is 15.7. The molecule has 0 spiro atoms. The first-order valence-electron chi connectivity index (χ1n) is 6.39. The van der Waals surface area contributed by atoms with E-state index < -0.39 is 22.5 Å². The maximum absolute atomic E-state index is 12.2. The Kier molecular flexibility index (Phi) is 6.36. The van der Waals surface area contributed by atoms with Crippen LogP contribution in [0.4, 0.5) is 5.69 Å². The first kappa shape index (κ1) is 19.3. The zero-order chi connectivity index (χ0) is 17.9. The Hall–Kier alpha value is -1.02. The van der Waals surface area contributed by atoms with Crippen LogP contribution in [-0.2, 0) is 14.8 Å². The summed E-state index contributed by atoms with van der Waals surface area (Å²) >= 11 is 23.5. The van der Waals surface area contributed by atoms with Gasteiger partial charge in [-0.1, -0.05) is 52.5 Å². The van der Waals surface area contributed by atoms with Gasteiger partial charge in [-0.3, -0.25) is 4.79 Å². The summed E-state index contributed by atoms with van der Waals surface area (Å²) in [5.74, 6) is -0.647. The van der Waals surface area contributed by atoms with E-state index in [0.717, 1.165) is 0 Å². The number of amides is 1. The summed E-state index contributed by atoms with van der Waals surface area (Å²) in [5.41, 5.74) is 0.200. The second-order valence-corrected chi connectivity index (χ2v) is 7.94. The van der Waals surface area contributed by atoms with Crippen molar-refractivity contribution >= 4 is 68.0 Å². The average molecular weight is 428 g/mol. The van der Waals surface area contributed by atoms with Gasteiger partial charge in [0.1, 0.15) is 4.90 Å². The van der Waals surface area contributed by atoms with Gasteiger partial charge in [-0.2, -0.15) is 0 Å². The number of rotatable bonds is 5. The molecular formula is C14H10Cl4N2O3S. The highest BCUT2D eigenvalue weighted by molar-refractivity contribution is 7.89. The van der Waals surface area contributed by atoms with Crippen LogP contribution in [0.25, 0.3) is 0 Å². The first-order valence-corrected chi connectivity index (χ1v) is 9.39. The van der Waals surface area contributed by atoms with Crippen LogP contribution in [0.15, 0.2) is 41.3 Å². The van der Waals surface area contributed by atoms with Gasteiger partial charge in [-0.25, -0.2) is 13.1 Å². The molecule has 0 fully saturated rings. The maximum atomic E-state index is 12.2. The maximum Gasteiger partial charge on any atom is 0.242 e. The summed E-state index contributed by atoms with van der Waals surface area (Å²) in [4.78, 5) is 11.7. The van der Waals surface area contributed by atoms with Crippen LogP contribution < -0.4 is 10.0 Å². The minimum Gasteiger partial charge on any atom is -0.322 e. The fourth-order valence-electron chi connectivity index (χ4n) is 1.72. The standard InChI is InChI=1S/C14H10Cl4N2O3S/c15-8-4-5-9(16)12(6-8)24(22,23)19-7-13(21)20-14-10(17)2-1-3-11(14)18/h1-6,19H,7H2,(H,20,21).